The van der Waals surface area contributed by atoms with Crippen molar-refractivity contribution in [3.63, 3.8) is 0 Å². The summed E-state index contributed by atoms with van der Waals surface area (Å²) in [6.07, 6.45) is -0.440. The molecule has 1 aliphatic rings. The standard InChI is InChI=1S/C19H19N3O4/c1-12-7-3-4-8-14(12)20-18(23)19(24)22-21-13(2)17-11-25-15-9-5-6-10-16(15)26-17/h3-10,17H,11H2,1-2H3,(H,20,23)(H,22,24)/b21-13+. The molecule has 7 heteroatoms. The van der Waals surface area contributed by atoms with Crippen LogP contribution in [0.3, 0.4) is 0 Å². The molecule has 2 aromatic rings. The maximum atomic E-state index is 12.0. The number of rotatable bonds is 3. The van der Waals surface area contributed by atoms with E-state index >= 15 is 0 Å². The van der Waals surface area contributed by atoms with Crippen LogP contribution in [0.2, 0.25) is 0 Å². The van der Waals surface area contributed by atoms with Gasteiger partial charge in [0.1, 0.15) is 6.61 Å². The molecule has 2 amide bonds. The average Bonchev–Trinajstić information content (AvgIpc) is 2.67. The Bertz CT molecular complexity index is 863. The Morgan fingerprint density at radius 3 is 2.50 bits per heavy atom. The lowest BCUT2D eigenvalue weighted by Crippen LogP contribution is -2.38. The highest BCUT2D eigenvalue weighted by atomic mass is 16.6. The fraction of sp³-hybridized carbons (Fsp3) is 0.211. The van der Waals surface area contributed by atoms with Gasteiger partial charge in [0, 0.05) is 5.69 Å². The number of nitrogens with one attached hydrogen (secondary N) is 2. The lowest BCUT2D eigenvalue weighted by molar-refractivity contribution is -0.136. The summed E-state index contributed by atoms with van der Waals surface area (Å²) in [6.45, 7) is 3.81. The molecule has 2 aromatic carbocycles. The van der Waals surface area contributed by atoms with E-state index < -0.39 is 17.9 Å². The van der Waals surface area contributed by atoms with Gasteiger partial charge in [0.25, 0.3) is 0 Å². The van der Waals surface area contributed by atoms with E-state index in [1.807, 2.05) is 37.3 Å². The number of anilines is 1. The summed E-state index contributed by atoms with van der Waals surface area (Å²) in [4.78, 5) is 23.9. The van der Waals surface area contributed by atoms with E-state index in [0.29, 0.717) is 22.9 Å². The Kier molecular flexibility index (Phi) is 5.17. The van der Waals surface area contributed by atoms with Gasteiger partial charge in [0.2, 0.25) is 0 Å². The molecule has 0 radical (unpaired) electrons. The summed E-state index contributed by atoms with van der Waals surface area (Å²) < 4.78 is 11.4. The van der Waals surface area contributed by atoms with Crippen LogP contribution in [0, 0.1) is 6.92 Å². The number of hydrogen-bond donors (Lipinski definition) is 2. The van der Waals surface area contributed by atoms with Crippen LogP contribution in [0.1, 0.15) is 12.5 Å². The van der Waals surface area contributed by atoms with Gasteiger partial charge in [-0.25, -0.2) is 5.43 Å². The number of para-hydroxylation sites is 3. The fourth-order valence-electron chi connectivity index (χ4n) is 2.38. The SMILES string of the molecule is C/C(=N\NC(=O)C(=O)Nc1ccccc1C)C1COc2ccccc2O1. The molecular weight excluding hydrogens is 334 g/mol. The van der Waals surface area contributed by atoms with Gasteiger partial charge in [-0.05, 0) is 37.6 Å². The van der Waals surface area contributed by atoms with E-state index in [9.17, 15) is 9.59 Å². The molecule has 1 unspecified atom stereocenters. The highest BCUT2D eigenvalue weighted by Gasteiger charge is 2.23. The molecule has 0 aliphatic carbocycles. The molecule has 0 bridgehead atoms. The van der Waals surface area contributed by atoms with Crippen molar-refractivity contribution in [1.82, 2.24) is 5.43 Å². The van der Waals surface area contributed by atoms with Crippen molar-refractivity contribution in [1.29, 1.82) is 0 Å². The zero-order valence-corrected chi connectivity index (χ0v) is 14.5. The Balaban J connectivity index is 1.58. The van der Waals surface area contributed by atoms with Crippen LogP contribution in [-0.4, -0.2) is 30.2 Å². The Morgan fingerprint density at radius 1 is 1.04 bits per heavy atom. The Labute approximate surface area is 151 Å². The zero-order valence-electron chi connectivity index (χ0n) is 14.5. The second kappa shape index (κ2) is 7.69. The first-order valence-corrected chi connectivity index (χ1v) is 8.14. The number of fused-ring (bicyclic) bond motifs is 1. The van der Waals surface area contributed by atoms with Gasteiger partial charge in [0.05, 0.1) is 5.71 Å². The van der Waals surface area contributed by atoms with E-state index in [1.165, 1.54) is 0 Å². The molecule has 0 aromatic heterocycles. The maximum Gasteiger partial charge on any atom is 0.329 e. The van der Waals surface area contributed by atoms with E-state index in [2.05, 4.69) is 15.8 Å². The van der Waals surface area contributed by atoms with Crippen LogP contribution in [0.25, 0.3) is 0 Å². The van der Waals surface area contributed by atoms with Crippen molar-refractivity contribution in [2.45, 2.75) is 20.0 Å². The average molecular weight is 353 g/mol. The highest BCUT2D eigenvalue weighted by Crippen LogP contribution is 2.31. The van der Waals surface area contributed by atoms with Gasteiger partial charge in [-0.1, -0.05) is 30.3 Å². The third kappa shape index (κ3) is 4.00. The smallest absolute Gasteiger partial charge is 0.329 e. The van der Waals surface area contributed by atoms with Crippen LogP contribution in [-0.2, 0) is 9.59 Å². The minimum absolute atomic E-state index is 0.275. The Hall–Kier alpha value is -3.35. The van der Waals surface area contributed by atoms with Crippen LogP contribution >= 0.6 is 0 Å². The summed E-state index contributed by atoms with van der Waals surface area (Å²) in [5, 5.41) is 6.51. The van der Waals surface area contributed by atoms with Gasteiger partial charge in [-0.15, -0.1) is 0 Å². The van der Waals surface area contributed by atoms with Gasteiger partial charge in [-0.3, -0.25) is 9.59 Å². The number of carbonyl (C=O) groups is 2. The second-order valence-electron chi connectivity index (χ2n) is 5.83. The molecule has 0 saturated heterocycles. The van der Waals surface area contributed by atoms with Crippen molar-refractivity contribution in [2.75, 3.05) is 11.9 Å². The number of amides is 2. The molecule has 1 atom stereocenters. The van der Waals surface area contributed by atoms with E-state index in [1.54, 1.807) is 25.1 Å². The van der Waals surface area contributed by atoms with Crippen molar-refractivity contribution in [2.24, 2.45) is 5.10 Å². The molecule has 134 valence electrons. The van der Waals surface area contributed by atoms with Crippen molar-refractivity contribution in [3.05, 3.63) is 54.1 Å². The monoisotopic (exact) mass is 353 g/mol. The highest BCUT2D eigenvalue weighted by molar-refractivity contribution is 6.39. The molecule has 26 heavy (non-hydrogen) atoms. The number of hydrazone groups is 1. The molecule has 0 fully saturated rings. The first-order valence-electron chi connectivity index (χ1n) is 8.14. The zero-order chi connectivity index (χ0) is 18.5. The van der Waals surface area contributed by atoms with Crippen molar-refractivity contribution < 1.29 is 19.1 Å². The number of benzene rings is 2. The van der Waals surface area contributed by atoms with Gasteiger partial charge in [-0.2, -0.15) is 5.10 Å². The third-order valence-electron chi connectivity index (χ3n) is 3.91. The second-order valence-corrected chi connectivity index (χ2v) is 5.83. The van der Waals surface area contributed by atoms with Gasteiger partial charge in [0.15, 0.2) is 17.6 Å². The van der Waals surface area contributed by atoms with E-state index in [4.69, 9.17) is 9.47 Å². The molecule has 0 spiro atoms. The molecule has 2 N–H and O–H groups in total. The first-order chi connectivity index (χ1) is 12.5. The van der Waals surface area contributed by atoms with Gasteiger partial charge < -0.3 is 14.8 Å². The quantitative estimate of drug-likeness (QED) is 0.503. The van der Waals surface area contributed by atoms with E-state index in [0.717, 1.165) is 5.56 Å². The summed E-state index contributed by atoms with van der Waals surface area (Å²) in [5.41, 5.74) is 4.18. The van der Waals surface area contributed by atoms with E-state index in [-0.39, 0.29) is 6.61 Å². The fourth-order valence-corrected chi connectivity index (χ4v) is 2.38. The first kappa shape index (κ1) is 17.5. The summed E-state index contributed by atoms with van der Waals surface area (Å²) >= 11 is 0. The lowest BCUT2D eigenvalue weighted by Gasteiger charge is -2.26. The molecule has 1 heterocycles. The summed E-state index contributed by atoms with van der Waals surface area (Å²) in [7, 11) is 0. The van der Waals surface area contributed by atoms with Crippen LogP contribution in [0.15, 0.2) is 53.6 Å². The lowest BCUT2D eigenvalue weighted by atomic mass is 10.2. The molecule has 1 aliphatic heterocycles. The number of aryl methyl sites for hydroxylation is 1. The van der Waals surface area contributed by atoms with Crippen molar-refractivity contribution >= 4 is 23.2 Å². The largest absolute Gasteiger partial charge is 0.485 e. The predicted molar refractivity (Wildman–Crippen MR) is 97.4 cm³/mol. The predicted octanol–water partition coefficient (Wildman–Crippen LogP) is 2.27. The number of ether oxygens (including phenoxy) is 2. The van der Waals surface area contributed by atoms with Crippen LogP contribution in [0.5, 0.6) is 11.5 Å². The maximum absolute atomic E-state index is 12.0. The van der Waals surface area contributed by atoms with Crippen molar-refractivity contribution in [3.8, 4) is 11.5 Å². The minimum atomic E-state index is -0.857. The van der Waals surface area contributed by atoms with Crippen LogP contribution in [0.4, 0.5) is 5.69 Å². The van der Waals surface area contributed by atoms with Gasteiger partial charge >= 0.3 is 11.8 Å². The molecule has 7 nitrogen and oxygen atoms in total. The number of hydrogen-bond acceptors (Lipinski definition) is 5. The topological polar surface area (TPSA) is 89.0 Å². The molecule has 3 rings (SSSR count). The summed E-state index contributed by atoms with van der Waals surface area (Å²) in [6, 6.07) is 14.5. The normalized spacial score (nSPS) is 15.9. The van der Waals surface area contributed by atoms with Crippen LogP contribution < -0.4 is 20.2 Å². The molecular formula is C19H19N3O4. The number of carbonyl (C=O) groups excluding carboxylic acids is 2. The summed E-state index contributed by atoms with van der Waals surface area (Å²) in [5.74, 6) is -0.369. The minimum Gasteiger partial charge on any atom is -0.485 e. The molecule has 0 saturated carbocycles. The third-order valence-corrected chi connectivity index (χ3v) is 3.91. The number of nitrogens with zero attached hydrogens (tertiary/aromatic N) is 1. The Morgan fingerprint density at radius 2 is 1.73 bits per heavy atom.